The van der Waals surface area contributed by atoms with Gasteiger partial charge in [-0.25, -0.2) is 14.4 Å². The second kappa shape index (κ2) is 11.5. The van der Waals surface area contributed by atoms with Crippen molar-refractivity contribution in [3.63, 3.8) is 0 Å². The minimum Gasteiger partial charge on any atom is -0.241 e. The Labute approximate surface area is 195 Å². The first-order valence-corrected chi connectivity index (χ1v) is 11.4. The van der Waals surface area contributed by atoms with Crippen molar-refractivity contribution in [3.05, 3.63) is 127 Å². The van der Waals surface area contributed by atoms with Crippen LogP contribution in [-0.4, -0.2) is 9.97 Å². The second-order valence-electron chi connectivity index (χ2n) is 6.94. The highest BCUT2D eigenvalue weighted by atomic mass is 35.5. The molecule has 0 radical (unpaired) electrons. The Morgan fingerprint density at radius 1 is 0.594 bits per heavy atom. The second-order valence-corrected chi connectivity index (χ2v) is 9.16. The molecule has 0 atom stereocenters. The third-order valence-corrected chi connectivity index (χ3v) is 7.30. The van der Waals surface area contributed by atoms with Gasteiger partial charge in [-0.3, -0.25) is 0 Å². The van der Waals surface area contributed by atoms with Crippen LogP contribution >= 0.6 is 20.3 Å². The molecule has 1 heterocycles. The minimum atomic E-state index is -0.446. The molecular weight excluding hydrogens is 438 g/mol. The van der Waals surface area contributed by atoms with E-state index in [1.807, 2.05) is 13.0 Å². The minimum absolute atomic E-state index is 0. The van der Waals surface area contributed by atoms with E-state index in [1.165, 1.54) is 28.3 Å². The molecule has 5 heteroatoms. The zero-order valence-corrected chi connectivity index (χ0v) is 19.3. The highest BCUT2D eigenvalue weighted by Gasteiger charge is 2.15. The highest BCUT2D eigenvalue weighted by Crippen LogP contribution is 2.32. The fraction of sp³-hybridized carbons (Fsp3) is 0.0370. The number of para-hydroxylation sites is 1. The van der Waals surface area contributed by atoms with Gasteiger partial charge in [0, 0.05) is 11.1 Å². The van der Waals surface area contributed by atoms with Crippen LogP contribution in [0.2, 0.25) is 0 Å². The summed E-state index contributed by atoms with van der Waals surface area (Å²) in [5, 5.41) is 4.97. The van der Waals surface area contributed by atoms with Crippen molar-refractivity contribution < 1.29 is 4.39 Å². The summed E-state index contributed by atoms with van der Waals surface area (Å²) < 4.78 is 13.1. The number of rotatable bonds is 3. The number of benzene rings is 4. The van der Waals surface area contributed by atoms with Crippen molar-refractivity contribution in [1.82, 2.24) is 9.97 Å². The molecule has 5 aromatic rings. The van der Waals surface area contributed by atoms with Gasteiger partial charge in [-0.15, -0.1) is 12.4 Å². The monoisotopic (exact) mass is 460 g/mol. The Morgan fingerprint density at radius 2 is 1.06 bits per heavy atom. The van der Waals surface area contributed by atoms with Crippen molar-refractivity contribution >= 4 is 47.1 Å². The van der Waals surface area contributed by atoms with E-state index in [2.05, 4.69) is 101 Å². The number of aryl methyl sites for hydroxylation is 1. The molecule has 0 fully saturated rings. The van der Waals surface area contributed by atoms with Crippen LogP contribution in [0.25, 0.3) is 10.9 Å². The molecule has 0 unspecified atom stereocenters. The number of hydrogen-bond acceptors (Lipinski definition) is 2. The first kappa shape index (κ1) is 23.5. The lowest BCUT2D eigenvalue weighted by Gasteiger charge is -2.18. The Bertz CT molecular complexity index is 1120. The molecule has 0 spiro atoms. The summed E-state index contributed by atoms with van der Waals surface area (Å²) in [6.07, 6.45) is 1.38. The molecule has 0 bridgehead atoms. The quantitative estimate of drug-likeness (QED) is 0.311. The van der Waals surface area contributed by atoms with E-state index in [9.17, 15) is 4.39 Å². The first-order chi connectivity index (χ1) is 15.2. The van der Waals surface area contributed by atoms with Crippen molar-refractivity contribution in [1.29, 1.82) is 0 Å². The van der Waals surface area contributed by atoms with Crippen molar-refractivity contribution in [2.45, 2.75) is 6.92 Å². The Kier molecular flexibility index (Phi) is 8.44. The van der Waals surface area contributed by atoms with Gasteiger partial charge < -0.3 is 0 Å². The first-order valence-electron chi connectivity index (χ1n) is 10.0. The molecule has 32 heavy (non-hydrogen) atoms. The SMILES string of the molecule is Cc1ncnc2c(F)cccc12.Cl.c1ccc(P(c2ccccc2)c2ccccc2)cc1. The van der Waals surface area contributed by atoms with Crippen LogP contribution in [0.4, 0.5) is 4.39 Å². The molecule has 0 aliphatic heterocycles. The molecule has 2 nitrogen and oxygen atoms in total. The van der Waals surface area contributed by atoms with Crippen LogP contribution < -0.4 is 15.9 Å². The standard InChI is InChI=1S/C18H15P.C9H7FN2.ClH/c1-4-10-16(11-5-1)19(17-12-6-2-7-13-17)18-14-8-3-9-15-18;1-6-7-3-2-4-8(10)9(7)12-5-11-6;/h1-15H;2-5H,1H3;1H. The van der Waals surface area contributed by atoms with Gasteiger partial charge in [-0.05, 0) is 36.8 Å². The number of fused-ring (bicyclic) bond motifs is 1. The molecule has 1 aromatic heterocycles. The Hall–Kier alpha value is -3.13. The fourth-order valence-electron chi connectivity index (χ4n) is 3.36. The zero-order chi connectivity index (χ0) is 21.5. The Morgan fingerprint density at radius 3 is 1.50 bits per heavy atom. The third kappa shape index (κ3) is 5.56. The van der Waals surface area contributed by atoms with Crippen molar-refractivity contribution in [2.75, 3.05) is 0 Å². The molecule has 0 saturated heterocycles. The lowest BCUT2D eigenvalue weighted by molar-refractivity contribution is 0.636. The topological polar surface area (TPSA) is 25.8 Å². The van der Waals surface area contributed by atoms with Gasteiger partial charge in [0.15, 0.2) is 0 Å². The predicted octanol–water partition coefficient (Wildman–Crippen LogP) is 5.94. The van der Waals surface area contributed by atoms with Gasteiger partial charge in [-0.2, -0.15) is 0 Å². The average Bonchev–Trinajstić information content (AvgIpc) is 2.83. The summed E-state index contributed by atoms with van der Waals surface area (Å²) in [7, 11) is -0.446. The highest BCUT2D eigenvalue weighted by molar-refractivity contribution is 7.79. The number of nitrogens with zero attached hydrogens (tertiary/aromatic N) is 2. The maximum atomic E-state index is 13.1. The van der Waals surface area contributed by atoms with Crippen LogP contribution in [-0.2, 0) is 0 Å². The van der Waals surface area contributed by atoms with Gasteiger partial charge in [0.1, 0.15) is 17.7 Å². The molecule has 0 aliphatic carbocycles. The molecule has 0 N–H and O–H groups in total. The van der Waals surface area contributed by atoms with Gasteiger partial charge in [0.05, 0.1) is 0 Å². The fourth-order valence-corrected chi connectivity index (χ4v) is 5.66. The van der Waals surface area contributed by atoms with E-state index in [0.29, 0.717) is 5.52 Å². The number of halogens is 2. The van der Waals surface area contributed by atoms with E-state index in [1.54, 1.807) is 6.07 Å². The molecule has 160 valence electrons. The van der Waals surface area contributed by atoms with E-state index >= 15 is 0 Å². The summed E-state index contributed by atoms with van der Waals surface area (Å²) in [6.45, 7) is 1.84. The molecule has 0 aliphatic rings. The van der Waals surface area contributed by atoms with E-state index in [0.717, 1.165) is 11.1 Å². The maximum absolute atomic E-state index is 13.1. The van der Waals surface area contributed by atoms with Gasteiger partial charge >= 0.3 is 0 Å². The predicted molar refractivity (Wildman–Crippen MR) is 137 cm³/mol. The van der Waals surface area contributed by atoms with E-state index in [-0.39, 0.29) is 18.2 Å². The van der Waals surface area contributed by atoms with Crippen molar-refractivity contribution in [2.24, 2.45) is 0 Å². The lowest BCUT2D eigenvalue weighted by Crippen LogP contribution is -2.20. The maximum Gasteiger partial charge on any atom is 0.149 e. The number of aromatic nitrogens is 2. The van der Waals surface area contributed by atoms with Gasteiger partial charge in [0.2, 0.25) is 0 Å². The lowest BCUT2D eigenvalue weighted by atomic mass is 10.2. The van der Waals surface area contributed by atoms with Gasteiger partial charge in [-0.1, -0.05) is 103 Å². The van der Waals surface area contributed by atoms with Crippen LogP contribution in [0, 0.1) is 12.7 Å². The molecule has 5 rings (SSSR count). The molecule has 0 saturated carbocycles. The normalized spacial score (nSPS) is 10.2. The summed E-state index contributed by atoms with van der Waals surface area (Å²) in [5.74, 6) is -0.294. The largest absolute Gasteiger partial charge is 0.241 e. The summed E-state index contributed by atoms with van der Waals surface area (Å²) in [6, 6.07) is 37.2. The van der Waals surface area contributed by atoms with E-state index in [4.69, 9.17) is 0 Å². The van der Waals surface area contributed by atoms with Crippen LogP contribution in [0.15, 0.2) is 116 Å². The summed E-state index contributed by atoms with van der Waals surface area (Å²) >= 11 is 0. The van der Waals surface area contributed by atoms with Gasteiger partial charge in [0.25, 0.3) is 0 Å². The average molecular weight is 461 g/mol. The Balaban J connectivity index is 0.000000193. The van der Waals surface area contributed by atoms with Crippen LogP contribution in [0.1, 0.15) is 5.69 Å². The summed E-state index contributed by atoms with van der Waals surface area (Å²) in [5.41, 5.74) is 1.20. The molecular formula is C27H23ClFN2P. The number of hydrogen-bond donors (Lipinski definition) is 0. The smallest absolute Gasteiger partial charge is 0.149 e. The van der Waals surface area contributed by atoms with Crippen LogP contribution in [0.3, 0.4) is 0 Å². The molecule has 0 amide bonds. The van der Waals surface area contributed by atoms with Crippen molar-refractivity contribution in [3.8, 4) is 0 Å². The van der Waals surface area contributed by atoms with Crippen LogP contribution in [0.5, 0.6) is 0 Å². The summed E-state index contributed by atoms with van der Waals surface area (Å²) in [4.78, 5) is 7.83. The third-order valence-electron chi connectivity index (χ3n) is 4.86. The zero-order valence-electron chi connectivity index (χ0n) is 17.6. The van der Waals surface area contributed by atoms with E-state index < -0.39 is 7.92 Å². The molecule has 4 aromatic carbocycles.